The standard InChI is InChI=1S/C14H17BN2O4/c18-13(17-7-3-6-12(17)15(20)21)9-16-8-10-4-1-2-5-11(10)14(16)19/h1-2,4-5,12,20-21H,3,6-9H2. The molecule has 110 valence electrons. The van der Waals surface area contributed by atoms with Gasteiger partial charge in [0.15, 0.2) is 0 Å². The monoisotopic (exact) mass is 288 g/mol. The van der Waals surface area contributed by atoms with E-state index in [2.05, 4.69) is 0 Å². The zero-order valence-corrected chi connectivity index (χ0v) is 11.6. The Kier molecular flexibility index (Phi) is 3.69. The number of hydrogen-bond donors (Lipinski definition) is 2. The third-order valence-corrected chi connectivity index (χ3v) is 4.19. The summed E-state index contributed by atoms with van der Waals surface area (Å²) in [5, 5.41) is 18.6. The lowest BCUT2D eigenvalue weighted by Crippen LogP contribution is -2.49. The van der Waals surface area contributed by atoms with Gasteiger partial charge in [-0.1, -0.05) is 18.2 Å². The highest BCUT2D eigenvalue weighted by Crippen LogP contribution is 2.23. The molecule has 7 heteroatoms. The van der Waals surface area contributed by atoms with Gasteiger partial charge in [-0.3, -0.25) is 9.59 Å². The fraction of sp³-hybridized carbons (Fsp3) is 0.429. The van der Waals surface area contributed by atoms with E-state index in [0.717, 1.165) is 12.0 Å². The maximum atomic E-state index is 12.3. The zero-order chi connectivity index (χ0) is 15.0. The maximum absolute atomic E-state index is 12.3. The van der Waals surface area contributed by atoms with Crippen molar-refractivity contribution in [2.45, 2.75) is 25.3 Å². The quantitative estimate of drug-likeness (QED) is 0.745. The number of likely N-dealkylation sites (tertiary alicyclic amines) is 1. The van der Waals surface area contributed by atoms with Crippen molar-refractivity contribution in [2.24, 2.45) is 0 Å². The maximum Gasteiger partial charge on any atom is 0.475 e. The fourth-order valence-electron chi connectivity index (χ4n) is 3.11. The number of fused-ring (bicyclic) bond motifs is 1. The van der Waals surface area contributed by atoms with E-state index in [-0.39, 0.29) is 18.4 Å². The van der Waals surface area contributed by atoms with Gasteiger partial charge >= 0.3 is 7.12 Å². The van der Waals surface area contributed by atoms with Crippen molar-refractivity contribution in [3.8, 4) is 0 Å². The number of nitrogens with zero attached hydrogens (tertiary/aromatic N) is 2. The smallest absolute Gasteiger partial charge is 0.426 e. The number of carbonyl (C=O) groups is 2. The molecule has 21 heavy (non-hydrogen) atoms. The topological polar surface area (TPSA) is 81.1 Å². The molecule has 1 saturated heterocycles. The summed E-state index contributed by atoms with van der Waals surface area (Å²) in [7, 11) is -1.53. The first-order valence-corrected chi connectivity index (χ1v) is 7.10. The van der Waals surface area contributed by atoms with Gasteiger partial charge in [-0.05, 0) is 24.5 Å². The van der Waals surface area contributed by atoms with Gasteiger partial charge in [0.1, 0.15) is 6.54 Å². The molecule has 2 aliphatic heterocycles. The van der Waals surface area contributed by atoms with Crippen molar-refractivity contribution >= 4 is 18.9 Å². The molecule has 2 aliphatic rings. The summed E-state index contributed by atoms with van der Waals surface area (Å²) >= 11 is 0. The van der Waals surface area contributed by atoms with Gasteiger partial charge in [-0.15, -0.1) is 0 Å². The van der Waals surface area contributed by atoms with Crippen LogP contribution in [0.1, 0.15) is 28.8 Å². The Labute approximate surface area is 123 Å². The van der Waals surface area contributed by atoms with Crippen molar-refractivity contribution in [1.29, 1.82) is 0 Å². The Morgan fingerprint density at radius 2 is 2.10 bits per heavy atom. The van der Waals surface area contributed by atoms with Crippen LogP contribution in [0.2, 0.25) is 0 Å². The van der Waals surface area contributed by atoms with Crippen LogP contribution in [-0.2, 0) is 11.3 Å². The summed E-state index contributed by atoms with van der Waals surface area (Å²) < 4.78 is 0. The number of benzene rings is 1. The molecule has 1 fully saturated rings. The summed E-state index contributed by atoms with van der Waals surface area (Å²) in [5.41, 5.74) is 1.57. The average molecular weight is 288 g/mol. The predicted octanol–water partition coefficient (Wildman–Crippen LogP) is -0.355. The zero-order valence-electron chi connectivity index (χ0n) is 11.6. The number of hydrogen-bond acceptors (Lipinski definition) is 4. The Hall–Kier alpha value is -1.86. The van der Waals surface area contributed by atoms with Crippen molar-refractivity contribution in [3.63, 3.8) is 0 Å². The van der Waals surface area contributed by atoms with Crippen LogP contribution >= 0.6 is 0 Å². The molecule has 1 aromatic carbocycles. The van der Waals surface area contributed by atoms with Crippen LogP contribution in [0.5, 0.6) is 0 Å². The lowest BCUT2D eigenvalue weighted by molar-refractivity contribution is -0.132. The SMILES string of the molecule is O=C1c2ccccc2CN1CC(=O)N1CCCC1B(O)O. The number of amides is 2. The molecule has 6 nitrogen and oxygen atoms in total. The predicted molar refractivity (Wildman–Crippen MR) is 76.1 cm³/mol. The Morgan fingerprint density at radius 3 is 2.81 bits per heavy atom. The third kappa shape index (κ3) is 2.54. The fourth-order valence-corrected chi connectivity index (χ4v) is 3.11. The molecular formula is C14H17BN2O4. The lowest BCUT2D eigenvalue weighted by Gasteiger charge is -2.26. The molecular weight excluding hydrogens is 271 g/mol. The van der Waals surface area contributed by atoms with Gasteiger partial charge in [0.25, 0.3) is 5.91 Å². The highest BCUT2D eigenvalue weighted by molar-refractivity contribution is 6.43. The first kappa shape index (κ1) is 14.1. The summed E-state index contributed by atoms with van der Waals surface area (Å²) in [6.45, 7) is 0.924. The molecule has 2 heterocycles. The minimum atomic E-state index is -1.53. The summed E-state index contributed by atoms with van der Waals surface area (Å²) in [5.74, 6) is -0.927. The second-order valence-corrected chi connectivity index (χ2v) is 5.53. The van der Waals surface area contributed by atoms with E-state index in [0.29, 0.717) is 25.1 Å². The first-order chi connectivity index (χ1) is 10.1. The molecule has 0 spiro atoms. The second kappa shape index (κ2) is 5.50. The van der Waals surface area contributed by atoms with Crippen LogP contribution in [0.4, 0.5) is 0 Å². The van der Waals surface area contributed by atoms with Crippen LogP contribution in [0.15, 0.2) is 24.3 Å². The molecule has 0 aromatic heterocycles. The van der Waals surface area contributed by atoms with E-state index >= 15 is 0 Å². The normalized spacial score (nSPS) is 20.9. The minimum absolute atomic E-state index is 0.0171. The van der Waals surface area contributed by atoms with E-state index in [4.69, 9.17) is 0 Å². The van der Waals surface area contributed by atoms with Crippen LogP contribution in [0.25, 0.3) is 0 Å². The molecule has 3 rings (SSSR count). The van der Waals surface area contributed by atoms with Gasteiger partial charge in [-0.25, -0.2) is 0 Å². The van der Waals surface area contributed by atoms with Gasteiger partial charge in [0.05, 0.1) is 5.94 Å². The van der Waals surface area contributed by atoms with Crippen molar-refractivity contribution in [1.82, 2.24) is 9.80 Å². The van der Waals surface area contributed by atoms with Crippen molar-refractivity contribution in [2.75, 3.05) is 13.1 Å². The van der Waals surface area contributed by atoms with E-state index in [1.54, 1.807) is 12.1 Å². The number of rotatable bonds is 3. The summed E-state index contributed by atoms with van der Waals surface area (Å²) in [4.78, 5) is 27.5. The molecule has 0 saturated carbocycles. The number of carbonyl (C=O) groups excluding carboxylic acids is 2. The van der Waals surface area contributed by atoms with E-state index in [1.807, 2.05) is 12.1 Å². The van der Waals surface area contributed by atoms with E-state index in [1.165, 1.54) is 9.80 Å². The van der Waals surface area contributed by atoms with Crippen LogP contribution in [0, 0.1) is 0 Å². The first-order valence-electron chi connectivity index (χ1n) is 7.10. The lowest BCUT2D eigenvalue weighted by atomic mass is 9.78. The Balaban J connectivity index is 1.68. The van der Waals surface area contributed by atoms with E-state index < -0.39 is 13.1 Å². The van der Waals surface area contributed by atoms with Gasteiger partial charge in [-0.2, -0.15) is 0 Å². The van der Waals surface area contributed by atoms with Gasteiger partial charge in [0.2, 0.25) is 5.91 Å². The highest BCUT2D eigenvalue weighted by Gasteiger charge is 2.38. The molecule has 1 atom stereocenters. The highest BCUT2D eigenvalue weighted by atomic mass is 16.4. The Bertz CT molecular complexity index is 578. The van der Waals surface area contributed by atoms with Crippen molar-refractivity contribution < 1.29 is 19.6 Å². The third-order valence-electron chi connectivity index (χ3n) is 4.19. The molecule has 1 aromatic rings. The molecule has 0 aliphatic carbocycles. The van der Waals surface area contributed by atoms with Crippen LogP contribution < -0.4 is 0 Å². The average Bonchev–Trinajstić information content (AvgIpc) is 3.05. The second-order valence-electron chi connectivity index (χ2n) is 5.53. The van der Waals surface area contributed by atoms with Crippen LogP contribution in [-0.4, -0.2) is 57.8 Å². The molecule has 2 amide bonds. The largest absolute Gasteiger partial charge is 0.475 e. The van der Waals surface area contributed by atoms with E-state index in [9.17, 15) is 19.6 Å². The molecule has 0 radical (unpaired) electrons. The summed E-state index contributed by atoms with van der Waals surface area (Å²) in [6.07, 6.45) is 1.33. The molecule has 2 N–H and O–H groups in total. The van der Waals surface area contributed by atoms with Crippen molar-refractivity contribution in [3.05, 3.63) is 35.4 Å². The Morgan fingerprint density at radius 1 is 1.33 bits per heavy atom. The van der Waals surface area contributed by atoms with Gasteiger partial charge in [0, 0.05) is 18.7 Å². The summed E-state index contributed by atoms with van der Waals surface area (Å²) in [6, 6.07) is 7.32. The molecule has 0 bridgehead atoms. The van der Waals surface area contributed by atoms with Gasteiger partial charge < -0.3 is 19.8 Å². The van der Waals surface area contributed by atoms with Crippen LogP contribution in [0.3, 0.4) is 0 Å². The minimum Gasteiger partial charge on any atom is -0.426 e. The molecule has 1 unspecified atom stereocenters.